The van der Waals surface area contributed by atoms with Gasteiger partial charge < -0.3 is 14.2 Å². The maximum Gasteiger partial charge on any atom is 0.213 e. The molecule has 3 aromatic rings. The quantitative estimate of drug-likeness (QED) is 0.299. The first-order chi connectivity index (χ1) is 16.1. The Morgan fingerprint density at radius 3 is 2.52 bits per heavy atom. The van der Waals surface area contributed by atoms with Gasteiger partial charge in [0.1, 0.15) is 23.9 Å². The average Bonchev–Trinajstić information content (AvgIpc) is 3.29. The molecule has 168 valence electrons. The van der Waals surface area contributed by atoms with E-state index in [1.54, 1.807) is 13.2 Å². The van der Waals surface area contributed by atoms with Gasteiger partial charge in [-0.3, -0.25) is 0 Å². The number of benzene rings is 3. The van der Waals surface area contributed by atoms with Crippen molar-refractivity contribution in [3.63, 3.8) is 0 Å². The van der Waals surface area contributed by atoms with E-state index in [2.05, 4.69) is 61.6 Å². The number of hydrogen-bond acceptors (Lipinski definition) is 5. The summed E-state index contributed by atoms with van der Waals surface area (Å²) in [6, 6.07) is 20.2. The van der Waals surface area contributed by atoms with Crippen molar-refractivity contribution >= 4 is 37.6 Å². The topological polar surface area (TPSA) is 43.3 Å². The van der Waals surface area contributed by atoms with E-state index in [0.29, 0.717) is 6.61 Å². The predicted molar refractivity (Wildman–Crippen MR) is 136 cm³/mol. The van der Waals surface area contributed by atoms with Crippen molar-refractivity contribution in [3.05, 3.63) is 99.0 Å². The van der Waals surface area contributed by atoms with Crippen LogP contribution in [0, 0.1) is 0 Å². The summed E-state index contributed by atoms with van der Waals surface area (Å²) in [4.78, 5) is 0. The highest BCUT2D eigenvalue weighted by molar-refractivity contribution is 9.11. The molecule has 5 rings (SSSR count). The van der Waals surface area contributed by atoms with E-state index in [4.69, 9.17) is 19.3 Å². The smallest absolute Gasteiger partial charge is 0.213 e. The Morgan fingerprint density at radius 1 is 1.09 bits per heavy atom. The molecule has 2 aliphatic heterocycles. The first-order valence-electron chi connectivity index (χ1n) is 10.6. The standard InChI is InChI=1S/C26H22Br2N2O3/c1-3-12-32-20-10-6-17(7-11-20)26-30-24(21-13-18(27)14-22(28)25(21)33-26)15-23(29-30)16-4-8-19(31-2)9-5-16/h3-11,13-14,24,26H,1,12,15H2,2H3/t24-,26-/m1/s1. The van der Waals surface area contributed by atoms with Crippen molar-refractivity contribution in [1.29, 1.82) is 0 Å². The van der Waals surface area contributed by atoms with Crippen LogP contribution in [0.1, 0.15) is 35.4 Å². The third-order valence-electron chi connectivity index (χ3n) is 5.76. The SMILES string of the molecule is C=CCOc1ccc([C@H]2Oc3c(Br)cc(Br)cc3[C@H]3CC(c4ccc(OC)cc4)=NN32)cc1. The summed E-state index contributed by atoms with van der Waals surface area (Å²) in [5.41, 5.74) is 4.20. The minimum absolute atomic E-state index is 0.0568. The number of hydrazone groups is 1. The minimum atomic E-state index is -0.357. The molecule has 3 aromatic carbocycles. The van der Waals surface area contributed by atoms with E-state index >= 15 is 0 Å². The summed E-state index contributed by atoms with van der Waals surface area (Å²) in [6.07, 6.45) is 2.15. The molecule has 0 saturated carbocycles. The maximum absolute atomic E-state index is 6.53. The lowest BCUT2D eigenvalue weighted by Gasteiger charge is -2.38. The number of methoxy groups -OCH3 is 1. The third-order valence-corrected chi connectivity index (χ3v) is 6.81. The fraction of sp³-hybridized carbons (Fsp3) is 0.192. The van der Waals surface area contributed by atoms with E-state index in [-0.39, 0.29) is 12.3 Å². The van der Waals surface area contributed by atoms with Crippen LogP contribution in [-0.2, 0) is 0 Å². The van der Waals surface area contributed by atoms with E-state index in [1.807, 2.05) is 42.5 Å². The summed E-state index contributed by atoms with van der Waals surface area (Å²) < 4.78 is 19.4. The first kappa shape index (κ1) is 22.0. The van der Waals surface area contributed by atoms with Crippen molar-refractivity contribution in [2.75, 3.05) is 13.7 Å². The molecule has 7 heteroatoms. The molecule has 0 unspecified atom stereocenters. The second-order valence-corrected chi connectivity index (χ2v) is 9.59. The lowest BCUT2D eigenvalue weighted by Crippen LogP contribution is -2.33. The van der Waals surface area contributed by atoms with Crippen molar-refractivity contribution < 1.29 is 14.2 Å². The van der Waals surface area contributed by atoms with E-state index < -0.39 is 0 Å². The highest BCUT2D eigenvalue weighted by atomic mass is 79.9. The summed E-state index contributed by atoms with van der Waals surface area (Å²) in [6.45, 7) is 4.17. The Balaban J connectivity index is 1.54. The molecular formula is C26H22Br2N2O3. The van der Waals surface area contributed by atoms with Gasteiger partial charge in [-0.15, -0.1) is 0 Å². The molecule has 0 aromatic heterocycles. The van der Waals surface area contributed by atoms with Gasteiger partial charge in [-0.25, -0.2) is 5.01 Å². The van der Waals surface area contributed by atoms with Crippen LogP contribution >= 0.6 is 31.9 Å². The number of fused-ring (bicyclic) bond motifs is 3. The lowest BCUT2D eigenvalue weighted by atomic mass is 9.96. The summed E-state index contributed by atoms with van der Waals surface area (Å²) in [5, 5.41) is 7.10. The van der Waals surface area contributed by atoms with Crippen molar-refractivity contribution in [3.8, 4) is 17.2 Å². The van der Waals surface area contributed by atoms with Gasteiger partial charge in [0.15, 0.2) is 0 Å². The van der Waals surface area contributed by atoms with Crippen LogP contribution in [0.25, 0.3) is 0 Å². The monoisotopic (exact) mass is 568 g/mol. The van der Waals surface area contributed by atoms with Gasteiger partial charge in [0.2, 0.25) is 6.23 Å². The van der Waals surface area contributed by atoms with Gasteiger partial charge in [-0.05, 0) is 82.2 Å². The highest BCUT2D eigenvalue weighted by Gasteiger charge is 2.42. The van der Waals surface area contributed by atoms with Gasteiger partial charge in [-0.2, -0.15) is 5.10 Å². The molecule has 5 nitrogen and oxygen atoms in total. The van der Waals surface area contributed by atoms with E-state index in [0.717, 1.165) is 55.0 Å². The molecule has 0 aliphatic carbocycles. The molecule has 0 bridgehead atoms. The second-order valence-electron chi connectivity index (χ2n) is 7.82. The zero-order valence-corrected chi connectivity index (χ0v) is 21.2. The number of ether oxygens (including phenoxy) is 3. The lowest BCUT2D eigenvalue weighted by molar-refractivity contribution is -0.0197. The Labute approximate surface area is 209 Å². The van der Waals surface area contributed by atoms with Gasteiger partial charge >= 0.3 is 0 Å². The van der Waals surface area contributed by atoms with Gasteiger partial charge in [0, 0.05) is 22.0 Å². The highest BCUT2D eigenvalue weighted by Crippen LogP contribution is 2.51. The van der Waals surface area contributed by atoms with E-state index in [9.17, 15) is 0 Å². The Morgan fingerprint density at radius 2 is 1.82 bits per heavy atom. The minimum Gasteiger partial charge on any atom is -0.497 e. The van der Waals surface area contributed by atoms with Crippen LogP contribution in [0.3, 0.4) is 0 Å². The Bertz CT molecular complexity index is 1210. The first-order valence-corrected chi connectivity index (χ1v) is 12.2. The van der Waals surface area contributed by atoms with Gasteiger partial charge in [-0.1, -0.05) is 28.6 Å². The third kappa shape index (κ3) is 4.27. The van der Waals surface area contributed by atoms with Crippen molar-refractivity contribution in [2.45, 2.75) is 18.7 Å². The fourth-order valence-corrected chi connectivity index (χ4v) is 5.53. The van der Waals surface area contributed by atoms with Crippen molar-refractivity contribution in [1.82, 2.24) is 5.01 Å². The molecule has 0 amide bonds. The number of rotatable bonds is 6. The molecule has 0 N–H and O–H groups in total. The predicted octanol–water partition coefficient (Wildman–Crippen LogP) is 7.03. The molecule has 0 spiro atoms. The second kappa shape index (κ2) is 9.23. The molecule has 2 heterocycles. The Hall–Kier alpha value is -2.77. The molecule has 2 aliphatic rings. The van der Waals surface area contributed by atoms with Crippen LogP contribution < -0.4 is 14.2 Å². The average molecular weight is 570 g/mol. The van der Waals surface area contributed by atoms with Crippen LogP contribution in [0.5, 0.6) is 17.2 Å². The summed E-state index contributed by atoms with van der Waals surface area (Å²) in [7, 11) is 1.67. The maximum atomic E-state index is 6.53. The van der Waals surface area contributed by atoms with Crippen molar-refractivity contribution in [2.24, 2.45) is 5.10 Å². The molecule has 0 saturated heterocycles. The molecule has 0 radical (unpaired) electrons. The van der Waals surface area contributed by atoms with E-state index in [1.165, 1.54) is 0 Å². The zero-order valence-electron chi connectivity index (χ0n) is 18.0. The van der Waals surface area contributed by atoms with Crippen LogP contribution in [0.4, 0.5) is 0 Å². The fourth-order valence-electron chi connectivity index (χ4n) is 4.18. The summed E-state index contributed by atoms with van der Waals surface area (Å²) >= 11 is 7.32. The normalized spacial score (nSPS) is 18.6. The number of halogens is 2. The van der Waals surface area contributed by atoms with Gasteiger partial charge in [0.05, 0.1) is 23.3 Å². The summed E-state index contributed by atoms with van der Waals surface area (Å²) in [5.74, 6) is 2.47. The largest absolute Gasteiger partial charge is 0.497 e. The number of nitrogens with zero attached hydrogens (tertiary/aromatic N) is 2. The molecule has 0 fully saturated rings. The molecule has 2 atom stereocenters. The molecule has 33 heavy (non-hydrogen) atoms. The molecular weight excluding hydrogens is 548 g/mol. The zero-order chi connectivity index (χ0) is 22.9. The van der Waals surface area contributed by atoms with Crippen LogP contribution in [-0.4, -0.2) is 24.4 Å². The Kier molecular flexibility index (Phi) is 6.17. The van der Waals surface area contributed by atoms with Crippen LogP contribution in [0.15, 0.2) is 87.4 Å². The number of hydrogen-bond donors (Lipinski definition) is 0. The van der Waals surface area contributed by atoms with Crippen LogP contribution in [0.2, 0.25) is 0 Å². The van der Waals surface area contributed by atoms with Gasteiger partial charge in [0.25, 0.3) is 0 Å².